The van der Waals surface area contributed by atoms with Gasteiger partial charge in [0, 0.05) is 11.1 Å². The van der Waals surface area contributed by atoms with Crippen LogP contribution in [-0.2, 0) is 0 Å². The molecule has 0 saturated heterocycles. The monoisotopic (exact) mass is 338 g/mol. The Hall–Kier alpha value is -1.71. The van der Waals surface area contributed by atoms with Crippen molar-refractivity contribution in [2.24, 2.45) is 0 Å². The molecule has 0 N–H and O–H groups in total. The van der Waals surface area contributed by atoms with Crippen molar-refractivity contribution in [3.63, 3.8) is 0 Å². The highest BCUT2D eigenvalue weighted by Gasteiger charge is 2.17. The van der Waals surface area contributed by atoms with Gasteiger partial charge in [-0.2, -0.15) is 0 Å². The van der Waals surface area contributed by atoms with E-state index in [1.165, 1.54) is 0 Å². The molecule has 0 bridgehead atoms. The SMILES string of the molecule is COc1c(C)cc(C(=O)c2cc(C)c(OC)c(Cl)c2)cc1Cl. The fraction of sp³-hybridized carbons (Fsp3) is 0.235. The lowest BCUT2D eigenvalue weighted by Crippen LogP contribution is -2.04. The summed E-state index contributed by atoms with van der Waals surface area (Å²) in [4.78, 5) is 12.7. The second kappa shape index (κ2) is 6.59. The average Bonchev–Trinajstić information content (AvgIpc) is 2.45. The highest BCUT2D eigenvalue weighted by atomic mass is 35.5. The van der Waals surface area contributed by atoms with E-state index in [-0.39, 0.29) is 5.78 Å². The molecule has 0 spiro atoms. The smallest absolute Gasteiger partial charge is 0.193 e. The van der Waals surface area contributed by atoms with E-state index < -0.39 is 0 Å². The molecular formula is C17H16Cl2O3. The molecule has 22 heavy (non-hydrogen) atoms. The Morgan fingerprint density at radius 3 is 1.45 bits per heavy atom. The van der Waals surface area contributed by atoms with Crippen molar-refractivity contribution in [1.29, 1.82) is 0 Å². The summed E-state index contributed by atoms with van der Waals surface area (Å²) in [5, 5.41) is 0.810. The molecule has 0 aliphatic rings. The van der Waals surface area contributed by atoms with E-state index in [2.05, 4.69) is 0 Å². The quantitative estimate of drug-likeness (QED) is 0.747. The first-order valence-corrected chi connectivity index (χ1v) is 7.37. The van der Waals surface area contributed by atoms with Crippen LogP contribution in [-0.4, -0.2) is 20.0 Å². The molecule has 0 aromatic heterocycles. The normalized spacial score (nSPS) is 10.5. The summed E-state index contributed by atoms with van der Waals surface area (Å²) in [7, 11) is 3.09. The zero-order valence-corrected chi connectivity index (χ0v) is 14.3. The van der Waals surface area contributed by atoms with Gasteiger partial charge in [0.2, 0.25) is 0 Å². The van der Waals surface area contributed by atoms with Gasteiger partial charge >= 0.3 is 0 Å². The van der Waals surface area contributed by atoms with E-state index in [1.54, 1.807) is 38.5 Å². The first-order chi connectivity index (χ1) is 10.4. The number of carbonyl (C=O) groups excluding carboxylic acids is 1. The van der Waals surface area contributed by atoms with Crippen LogP contribution >= 0.6 is 23.2 Å². The van der Waals surface area contributed by atoms with E-state index in [0.717, 1.165) is 11.1 Å². The van der Waals surface area contributed by atoms with Crippen molar-refractivity contribution in [3.05, 3.63) is 56.6 Å². The molecule has 0 aliphatic carbocycles. The van der Waals surface area contributed by atoms with Gasteiger partial charge in [-0.3, -0.25) is 4.79 Å². The van der Waals surface area contributed by atoms with E-state index in [4.69, 9.17) is 32.7 Å². The maximum atomic E-state index is 12.7. The zero-order chi connectivity index (χ0) is 16.4. The first-order valence-electron chi connectivity index (χ1n) is 6.62. The lowest BCUT2D eigenvalue weighted by molar-refractivity contribution is 0.103. The Labute approximate surface area is 139 Å². The highest BCUT2D eigenvalue weighted by molar-refractivity contribution is 6.33. The Morgan fingerprint density at radius 2 is 1.18 bits per heavy atom. The molecule has 0 aliphatic heterocycles. The van der Waals surface area contributed by atoms with Crippen molar-refractivity contribution in [2.75, 3.05) is 14.2 Å². The van der Waals surface area contributed by atoms with Crippen LogP contribution in [0.25, 0.3) is 0 Å². The van der Waals surface area contributed by atoms with Crippen LogP contribution in [0.15, 0.2) is 24.3 Å². The summed E-state index contributed by atoms with van der Waals surface area (Å²) in [6, 6.07) is 6.70. The van der Waals surface area contributed by atoms with E-state index in [9.17, 15) is 4.79 Å². The van der Waals surface area contributed by atoms with Crippen LogP contribution in [0.5, 0.6) is 11.5 Å². The molecule has 0 saturated carbocycles. The first kappa shape index (κ1) is 16.7. The van der Waals surface area contributed by atoms with Crippen molar-refractivity contribution < 1.29 is 14.3 Å². The maximum absolute atomic E-state index is 12.7. The number of hydrogen-bond acceptors (Lipinski definition) is 3. The summed E-state index contributed by atoms with van der Waals surface area (Å²) in [5.74, 6) is 0.990. The molecule has 5 heteroatoms. The Bertz CT molecular complexity index is 631. The second-order valence-electron chi connectivity index (χ2n) is 4.95. The number of hydrogen-bond donors (Lipinski definition) is 0. The maximum Gasteiger partial charge on any atom is 0.193 e. The fourth-order valence-electron chi connectivity index (χ4n) is 2.41. The van der Waals surface area contributed by atoms with Crippen molar-refractivity contribution >= 4 is 29.0 Å². The third-order valence-electron chi connectivity index (χ3n) is 3.39. The average molecular weight is 339 g/mol. The number of rotatable bonds is 4. The van der Waals surface area contributed by atoms with E-state index in [1.807, 2.05) is 13.8 Å². The molecule has 116 valence electrons. The summed E-state index contributed by atoms with van der Waals surface area (Å²) < 4.78 is 10.4. The van der Waals surface area contributed by atoms with Crippen molar-refractivity contribution in [1.82, 2.24) is 0 Å². The lowest BCUT2D eigenvalue weighted by atomic mass is 9.99. The molecule has 0 unspecified atom stereocenters. The van der Waals surface area contributed by atoms with Gasteiger partial charge < -0.3 is 9.47 Å². The van der Waals surface area contributed by atoms with Crippen LogP contribution in [0.4, 0.5) is 0 Å². The van der Waals surface area contributed by atoms with Gasteiger partial charge in [-0.15, -0.1) is 0 Å². The summed E-state index contributed by atoms with van der Waals surface area (Å²) >= 11 is 12.3. The van der Waals surface area contributed by atoms with Gasteiger partial charge in [0.15, 0.2) is 5.78 Å². The number of benzene rings is 2. The number of carbonyl (C=O) groups is 1. The van der Waals surface area contributed by atoms with Crippen LogP contribution in [0, 0.1) is 13.8 Å². The molecule has 0 amide bonds. The van der Waals surface area contributed by atoms with Gasteiger partial charge in [-0.25, -0.2) is 0 Å². The topological polar surface area (TPSA) is 35.5 Å². The van der Waals surface area contributed by atoms with Crippen molar-refractivity contribution in [3.8, 4) is 11.5 Å². The summed E-state index contributed by atoms with van der Waals surface area (Å²) in [6.07, 6.45) is 0. The van der Waals surface area contributed by atoms with Gasteiger partial charge in [0.1, 0.15) is 11.5 Å². The molecule has 2 aromatic rings. The lowest BCUT2D eigenvalue weighted by Gasteiger charge is -2.12. The number of halogens is 2. The molecule has 2 rings (SSSR count). The largest absolute Gasteiger partial charge is 0.495 e. The summed E-state index contributed by atoms with van der Waals surface area (Å²) in [6.45, 7) is 3.68. The van der Waals surface area contributed by atoms with Gasteiger partial charge in [0.25, 0.3) is 0 Å². The number of aryl methyl sites for hydroxylation is 2. The standard InChI is InChI=1S/C17H16Cl2O3/c1-9-5-11(7-13(18)16(9)21-3)15(20)12-6-10(2)17(22-4)14(19)8-12/h5-8H,1-4H3. The minimum atomic E-state index is -0.152. The Kier molecular flexibility index (Phi) is 4.99. The predicted molar refractivity (Wildman–Crippen MR) is 88.9 cm³/mol. The highest BCUT2D eigenvalue weighted by Crippen LogP contribution is 2.33. The van der Waals surface area contributed by atoms with Gasteiger partial charge in [0.05, 0.1) is 24.3 Å². The Balaban J connectivity index is 2.49. The molecule has 0 fully saturated rings. The third kappa shape index (κ3) is 3.06. The molecule has 0 heterocycles. The third-order valence-corrected chi connectivity index (χ3v) is 3.95. The van der Waals surface area contributed by atoms with E-state index >= 15 is 0 Å². The van der Waals surface area contributed by atoms with E-state index in [0.29, 0.717) is 32.7 Å². The Morgan fingerprint density at radius 1 is 0.818 bits per heavy atom. The van der Waals surface area contributed by atoms with Crippen LogP contribution in [0.1, 0.15) is 27.0 Å². The van der Waals surface area contributed by atoms with Crippen LogP contribution in [0.3, 0.4) is 0 Å². The number of ketones is 1. The van der Waals surface area contributed by atoms with Crippen LogP contribution < -0.4 is 9.47 Å². The number of ether oxygens (including phenoxy) is 2. The van der Waals surface area contributed by atoms with Crippen molar-refractivity contribution in [2.45, 2.75) is 13.8 Å². The van der Waals surface area contributed by atoms with Gasteiger partial charge in [-0.1, -0.05) is 23.2 Å². The minimum absolute atomic E-state index is 0.152. The van der Waals surface area contributed by atoms with Gasteiger partial charge in [-0.05, 0) is 49.2 Å². The second-order valence-corrected chi connectivity index (χ2v) is 5.76. The fourth-order valence-corrected chi connectivity index (χ4v) is 3.10. The van der Waals surface area contributed by atoms with Crippen LogP contribution in [0.2, 0.25) is 10.0 Å². The predicted octanol–water partition coefficient (Wildman–Crippen LogP) is 4.86. The summed E-state index contributed by atoms with van der Waals surface area (Å²) in [5.41, 5.74) is 2.58. The minimum Gasteiger partial charge on any atom is -0.495 e. The molecule has 3 nitrogen and oxygen atoms in total. The molecular weight excluding hydrogens is 323 g/mol. The number of methoxy groups -OCH3 is 2. The molecule has 0 radical (unpaired) electrons. The zero-order valence-electron chi connectivity index (χ0n) is 12.8. The molecule has 0 atom stereocenters. The molecule has 2 aromatic carbocycles.